The predicted molar refractivity (Wildman–Crippen MR) is 126 cm³/mol. The van der Waals surface area contributed by atoms with Gasteiger partial charge in [0.05, 0.1) is 22.2 Å². The van der Waals surface area contributed by atoms with Gasteiger partial charge < -0.3 is 10.0 Å². The van der Waals surface area contributed by atoms with Gasteiger partial charge in [-0.05, 0) is 71.5 Å². The highest BCUT2D eigenvalue weighted by atomic mass is 127. The number of halogens is 2. The fourth-order valence-corrected chi connectivity index (χ4v) is 4.31. The van der Waals surface area contributed by atoms with E-state index in [9.17, 15) is 14.7 Å². The Hall–Kier alpha value is -2.04. The molecule has 0 fully saturated rings. The van der Waals surface area contributed by atoms with Crippen LogP contribution in [0, 0.1) is 3.57 Å². The predicted octanol–water partition coefficient (Wildman–Crippen LogP) is 3.66. The summed E-state index contributed by atoms with van der Waals surface area (Å²) < 4.78 is 3.34. The molecule has 1 amide bonds. The van der Waals surface area contributed by atoms with Gasteiger partial charge in [-0.1, -0.05) is 15.9 Å². The number of fused-ring (bicyclic) bond motifs is 2. The molecule has 8 heteroatoms. The molecule has 0 atom stereocenters. The molecule has 4 rings (SSSR count). The number of rotatable bonds is 4. The molecular formula is C21H17BrIN3O3. The number of aromatic nitrogens is 2. The summed E-state index contributed by atoms with van der Waals surface area (Å²) in [5.41, 5.74) is 2.48. The molecule has 1 aromatic heterocycles. The van der Waals surface area contributed by atoms with Crippen molar-refractivity contribution in [1.82, 2.24) is 9.55 Å². The Morgan fingerprint density at radius 3 is 2.76 bits per heavy atom. The molecule has 2 aromatic carbocycles. The number of aliphatic hydroxyl groups excluding tert-OH is 1. The van der Waals surface area contributed by atoms with Gasteiger partial charge in [0.2, 0.25) is 0 Å². The zero-order valence-corrected chi connectivity index (χ0v) is 19.3. The monoisotopic (exact) mass is 565 g/mol. The summed E-state index contributed by atoms with van der Waals surface area (Å²) in [4.78, 5) is 32.3. The first kappa shape index (κ1) is 20.2. The molecule has 29 heavy (non-hydrogen) atoms. The van der Waals surface area contributed by atoms with Gasteiger partial charge in [0.25, 0.3) is 11.5 Å². The minimum atomic E-state index is -0.179. The number of amides is 1. The summed E-state index contributed by atoms with van der Waals surface area (Å²) in [6, 6.07) is 11.2. The standard InChI is InChI=1S/C21H17BrIN3O3/c1-25-18-6-3-12(22)9-14(18)15(20(25)28)11-19-24-17-5-4-13(23)10-16(17)21(29)26(19)7-2-8-27/h3-6,9-11,27H,2,7-8H2,1H3/b15-11-. The first-order chi connectivity index (χ1) is 13.9. The molecule has 2 heterocycles. The van der Waals surface area contributed by atoms with Gasteiger partial charge in [-0.3, -0.25) is 14.2 Å². The minimum absolute atomic E-state index is 0.0374. The van der Waals surface area contributed by atoms with Gasteiger partial charge in [-0.15, -0.1) is 0 Å². The van der Waals surface area contributed by atoms with Crippen molar-refractivity contribution in [3.05, 3.63) is 66.2 Å². The highest BCUT2D eigenvalue weighted by molar-refractivity contribution is 14.1. The molecule has 0 saturated heterocycles. The van der Waals surface area contributed by atoms with Gasteiger partial charge in [0.15, 0.2) is 0 Å². The first-order valence-electron chi connectivity index (χ1n) is 9.01. The molecule has 0 spiro atoms. The number of carbonyl (C=O) groups is 1. The number of benzene rings is 2. The third kappa shape index (κ3) is 3.64. The van der Waals surface area contributed by atoms with E-state index in [1.165, 1.54) is 4.57 Å². The van der Waals surface area contributed by atoms with Crippen molar-refractivity contribution in [2.45, 2.75) is 13.0 Å². The highest BCUT2D eigenvalue weighted by Crippen LogP contribution is 2.38. The van der Waals surface area contributed by atoms with E-state index in [1.807, 2.05) is 30.3 Å². The fourth-order valence-electron chi connectivity index (χ4n) is 3.46. The third-order valence-electron chi connectivity index (χ3n) is 4.90. The van der Waals surface area contributed by atoms with Crippen molar-refractivity contribution in [3.63, 3.8) is 0 Å². The average molecular weight is 566 g/mol. The molecule has 6 nitrogen and oxygen atoms in total. The maximum atomic E-state index is 13.1. The number of nitrogens with zero attached hydrogens (tertiary/aromatic N) is 3. The largest absolute Gasteiger partial charge is 0.396 e. The maximum Gasteiger partial charge on any atom is 0.261 e. The summed E-state index contributed by atoms with van der Waals surface area (Å²) >= 11 is 5.62. The fraction of sp³-hybridized carbons (Fsp3) is 0.190. The van der Waals surface area contributed by atoms with E-state index in [0.29, 0.717) is 35.3 Å². The van der Waals surface area contributed by atoms with Gasteiger partial charge >= 0.3 is 0 Å². The van der Waals surface area contributed by atoms with E-state index in [0.717, 1.165) is 19.3 Å². The van der Waals surface area contributed by atoms with Gasteiger partial charge in [-0.2, -0.15) is 0 Å². The lowest BCUT2D eigenvalue weighted by atomic mass is 10.1. The van der Waals surface area contributed by atoms with Crippen LogP contribution in [-0.4, -0.2) is 34.2 Å². The van der Waals surface area contributed by atoms with Crippen LogP contribution in [0.15, 0.2) is 45.7 Å². The third-order valence-corrected chi connectivity index (χ3v) is 6.07. The molecule has 148 valence electrons. The van der Waals surface area contributed by atoms with Gasteiger partial charge in [0.1, 0.15) is 5.82 Å². The Balaban J connectivity index is 1.96. The second kappa shape index (κ2) is 8.00. The smallest absolute Gasteiger partial charge is 0.261 e. The highest BCUT2D eigenvalue weighted by Gasteiger charge is 2.30. The van der Waals surface area contributed by atoms with Gasteiger partial charge in [-0.25, -0.2) is 4.98 Å². The second-order valence-electron chi connectivity index (χ2n) is 6.75. The van der Waals surface area contributed by atoms with Crippen LogP contribution in [0.5, 0.6) is 0 Å². The van der Waals surface area contributed by atoms with Crippen molar-refractivity contribution in [3.8, 4) is 0 Å². The number of hydrogen-bond acceptors (Lipinski definition) is 4. The van der Waals surface area contributed by atoms with Crippen LogP contribution in [0.25, 0.3) is 22.6 Å². The average Bonchev–Trinajstić information content (AvgIpc) is 2.92. The van der Waals surface area contributed by atoms with Crippen molar-refractivity contribution < 1.29 is 9.90 Å². The lowest BCUT2D eigenvalue weighted by Crippen LogP contribution is -2.25. The molecule has 1 aliphatic rings. The first-order valence-corrected chi connectivity index (χ1v) is 10.9. The number of hydrogen-bond donors (Lipinski definition) is 1. The SMILES string of the molecule is CN1C(=O)/C(=C\c2nc3ccc(I)cc3c(=O)n2CCCO)c2cc(Br)ccc21. The molecule has 0 bridgehead atoms. The van der Waals surface area contributed by atoms with E-state index in [4.69, 9.17) is 0 Å². The molecule has 0 saturated carbocycles. The van der Waals surface area contributed by atoms with Crippen molar-refractivity contribution >= 4 is 72.7 Å². The Bertz CT molecular complexity index is 1240. The van der Waals surface area contributed by atoms with Crippen LogP contribution in [0.2, 0.25) is 0 Å². The van der Waals surface area contributed by atoms with E-state index in [2.05, 4.69) is 43.5 Å². The van der Waals surface area contributed by atoms with Crippen LogP contribution in [0.1, 0.15) is 17.8 Å². The quantitative estimate of drug-likeness (QED) is 0.387. The summed E-state index contributed by atoms with van der Waals surface area (Å²) in [5.74, 6) is 0.255. The molecule has 3 aromatic rings. The Morgan fingerprint density at radius 2 is 2.00 bits per heavy atom. The normalized spacial score (nSPS) is 14.8. The van der Waals surface area contributed by atoms with E-state index >= 15 is 0 Å². The summed E-state index contributed by atoms with van der Waals surface area (Å²) in [5, 5.41) is 9.79. The van der Waals surface area contributed by atoms with Crippen LogP contribution >= 0.6 is 38.5 Å². The van der Waals surface area contributed by atoms with E-state index in [-0.39, 0.29) is 18.1 Å². The molecular weight excluding hydrogens is 549 g/mol. The number of likely N-dealkylation sites (N-methyl/N-ethyl adjacent to an activating group) is 1. The summed E-state index contributed by atoms with van der Waals surface area (Å²) in [6.45, 7) is 0.280. The second-order valence-corrected chi connectivity index (χ2v) is 8.91. The Labute approximate surface area is 189 Å². The Morgan fingerprint density at radius 1 is 1.21 bits per heavy atom. The Kier molecular flexibility index (Phi) is 5.58. The number of anilines is 1. The lowest BCUT2D eigenvalue weighted by molar-refractivity contribution is -0.112. The molecule has 0 unspecified atom stereocenters. The lowest BCUT2D eigenvalue weighted by Gasteiger charge is -2.12. The minimum Gasteiger partial charge on any atom is -0.396 e. The van der Waals surface area contributed by atoms with Crippen LogP contribution < -0.4 is 10.5 Å². The number of carbonyl (C=O) groups excluding carboxylic acids is 1. The zero-order chi connectivity index (χ0) is 20.7. The molecule has 1 aliphatic heterocycles. The van der Waals surface area contributed by atoms with Crippen molar-refractivity contribution in [2.75, 3.05) is 18.6 Å². The van der Waals surface area contributed by atoms with Crippen molar-refractivity contribution in [1.29, 1.82) is 0 Å². The van der Waals surface area contributed by atoms with E-state index < -0.39 is 0 Å². The molecule has 0 aliphatic carbocycles. The van der Waals surface area contributed by atoms with E-state index in [1.54, 1.807) is 24.1 Å². The molecule has 1 N–H and O–H groups in total. The maximum absolute atomic E-state index is 13.1. The zero-order valence-electron chi connectivity index (χ0n) is 15.5. The van der Waals surface area contributed by atoms with Crippen LogP contribution in [0.4, 0.5) is 5.69 Å². The molecule has 0 radical (unpaired) electrons. The topological polar surface area (TPSA) is 75.4 Å². The van der Waals surface area contributed by atoms with Crippen molar-refractivity contribution in [2.24, 2.45) is 0 Å². The van der Waals surface area contributed by atoms with Gasteiger partial charge in [0, 0.05) is 33.8 Å². The summed E-state index contributed by atoms with van der Waals surface area (Å²) in [7, 11) is 1.73. The van der Waals surface area contributed by atoms with Crippen LogP contribution in [-0.2, 0) is 11.3 Å². The summed E-state index contributed by atoms with van der Waals surface area (Å²) in [6.07, 6.45) is 2.09. The van der Waals surface area contributed by atoms with Crippen LogP contribution in [0.3, 0.4) is 0 Å². The number of aliphatic hydroxyl groups is 1.